The van der Waals surface area contributed by atoms with E-state index in [0.717, 1.165) is 54.3 Å². The lowest BCUT2D eigenvalue weighted by molar-refractivity contribution is 0.191. The molecule has 3 N–H and O–H groups in total. The quantitative estimate of drug-likeness (QED) is 0.474. The van der Waals surface area contributed by atoms with E-state index in [1.807, 2.05) is 44.2 Å². The molecule has 25 heavy (non-hydrogen) atoms. The lowest BCUT2D eigenvalue weighted by Crippen LogP contribution is -2.44. The highest BCUT2D eigenvalue weighted by molar-refractivity contribution is 5.82. The van der Waals surface area contributed by atoms with Gasteiger partial charge in [0.1, 0.15) is 0 Å². The molecule has 0 aliphatic carbocycles. The molecule has 1 saturated heterocycles. The fourth-order valence-corrected chi connectivity index (χ4v) is 2.92. The molecule has 134 valence electrons. The number of hydrazine groups is 1. The highest BCUT2D eigenvalue weighted by atomic mass is 15.3. The van der Waals surface area contributed by atoms with Crippen LogP contribution in [-0.4, -0.2) is 48.0 Å². The molecule has 5 heteroatoms. The van der Waals surface area contributed by atoms with E-state index in [1.54, 1.807) is 12.4 Å². The zero-order valence-electron chi connectivity index (χ0n) is 15.5. The third-order valence-corrected chi connectivity index (χ3v) is 4.47. The summed E-state index contributed by atoms with van der Waals surface area (Å²) in [7, 11) is 2.15. The molecule has 0 unspecified atom stereocenters. The molecule has 0 atom stereocenters. The van der Waals surface area contributed by atoms with Crippen molar-refractivity contribution in [3.8, 4) is 0 Å². The molecule has 1 aromatic rings. The number of likely N-dealkylation sites (N-methyl/N-ethyl adjacent to an activating group) is 1. The maximum atomic E-state index is 5.92. The first-order valence-electron chi connectivity index (χ1n) is 8.62. The van der Waals surface area contributed by atoms with Crippen molar-refractivity contribution in [1.82, 2.24) is 20.2 Å². The minimum atomic E-state index is 0.883. The maximum absolute atomic E-state index is 5.92. The Morgan fingerprint density at radius 2 is 1.88 bits per heavy atom. The molecule has 2 rings (SSSR count). The second-order valence-electron chi connectivity index (χ2n) is 6.24. The van der Waals surface area contributed by atoms with E-state index in [1.165, 1.54) is 0 Å². The third kappa shape index (κ3) is 4.81. The molecule has 1 fully saturated rings. The highest BCUT2D eigenvalue weighted by Crippen LogP contribution is 2.30. The van der Waals surface area contributed by atoms with Gasteiger partial charge in [-0.05, 0) is 44.2 Å². The van der Waals surface area contributed by atoms with Crippen LogP contribution in [0.1, 0.15) is 19.4 Å². The summed E-state index contributed by atoms with van der Waals surface area (Å²) >= 11 is 0. The SMILES string of the molecule is C=C(/C(=C(NN)/C(C)=C/C=C\C)c1ccncc1)N1CCN(C)CC1. The molecule has 5 nitrogen and oxygen atoms in total. The van der Waals surface area contributed by atoms with Crippen LogP contribution in [0, 0.1) is 0 Å². The van der Waals surface area contributed by atoms with Crippen LogP contribution in [0.15, 0.2) is 66.3 Å². The topological polar surface area (TPSA) is 57.4 Å². The van der Waals surface area contributed by atoms with Crippen LogP contribution in [0.3, 0.4) is 0 Å². The number of nitrogens with zero attached hydrogens (tertiary/aromatic N) is 3. The van der Waals surface area contributed by atoms with Crippen molar-refractivity contribution in [2.45, 2.75) is 13.8 Å². The van der Waals surface area contributed by atoms with Crippen molar-refractivity contribution in [1.29, 1.82) is 0 Å². The summed E-state index contributed by atoms with van der Waals surface area (Å²) in [5, 5.41) is 0. The van der Waals surface area contributed by atoms with E-state index in [-0.39, 0.29) is 0 Å². The van der Waals surface area contributed by atoms with E-state index < -0.39 is 0 Å². The van der Waals surface area contributed by atoms with Gasteiger partial charge in [-0.15, -0.1) is 0 Å². The Hall–Kier alpha value is -2.37. The Bertz CT molecular complexity index is 665. The van der Waals surface area contributed by atoms with Gasteiger partial charge in [0.25, 0.3) is 0 Å². The number of nitrogens with one attached hydrogen (secondary N) is 1. The van der Waals surface area contributed by atoms with Crippen molar-refractivity contribution in [3.63, 3.8) is 0 Å². The van der Waals surface area contributed by atoms with Crippen molar-refractivity contribution < 1.29 is 0 Å². The largest absolute Gasteiger partial charge is 0.369 e. The van der Waals surface area contributed by atoms with Crippen molar-refractivity contribution in [3.05, 3.63) is 71.9 Å². The number of pyridine rings is 1. The van der Waals surface area contributed by atoms with Gasteiger partial charge < -0.3 is 15.2 Å². The zero-order chi connectivity index (χ0) is 18.2. The maximum Gasteiger partial charge on any atom is 0.0613 e. The Balaban J connectivity index is 2.49. The average molecular weight is 339 g/mol. The molecule has 0 spiro atoms. The molecule has 1 aliphatic heterocycles. The number of hydrogen-bond donors (Lipinski definition) is 2. The summed E-state index contributed by atoms with van der Waals surface area (Å²) in [5.41, 5.74) is 7.90. The summed E-state index contributed by atoms with van der Waals surface area (Å²) in [5.74, 6) is 5.92. The lowest BCUT2D eigenvalue weighted by Gasteiger charge is -2.36. The van der Waals surface area contributed by atoms with Crippen LogP contribution in [0.25, 0.3) is 5.57 Å². The van der Waals surface area contributed by atoms with Crippen LogP contribution < -0.4 is 11.3 Å². The van der Waals surface area contributed by atoms with Gasteiger partial charge in [0.05, 0.1) is 5.70 Å². The molecule has 1 aliphatic rings. The third-order valence-electron chi connectivity index (χ3n) is 4.47. The fraction of sp³-hybridized carbons (Fsp3) is 0.350. The predicted molar refractivity (Wildman–Crippen MR) is 105 cm³/mol. The molecule has 2 heterocycles. The van der Waals surface area contributed by atoms with Crippen LogP contribution in [0.4, 0.5) is 0 Å². The number of rotatable bonds is 6. The minimum absolute atomic E-state index is 0.883. The predicted octanol–water partition coefficient (Wildman–Crippen LogP) is 2.54. The Kier molecular flexibility index (Phi) is 6.98. The first-order chi connectivity index (χ1) is 12.1. The molecule has 0 bridgehead atoms. The van der Waals surface area contributed by atoms with Gasteiger partial charge in [-0.1, -0.05) is 24.8 Å². The number of hydrogen-bond acceptors (Lipinski definition) is 5. The van der Waals surface area contributed by atoms with Gasteiger partial charge in [0.15, 0.2) is 0 Å². The Labute approximate surface area is 151 Å². The molecule has 1 aromatic heterocycles. The zero-order valence-corrected chi connectivity index (χ0v) is 15.5. The summed E-state index contributed by atoms with van der Waals surface area (Å²) in [4.78, 5) is 8.80. The number of aromatic nitrogens is 1. The highest BCUT2D eigenvalue weighted by Gasteiger charge is 2.21. The lowest BCUT2D eigenvalue weighted by atomic mass is 9.97. The second kappa shape index (κ2) is 9.20. The van der Waals surface area contributed by atoms with Gasteiger partial charge in [0, 0.05) is 49.8 Å². The molecule has 0 saturated carbocycles. The number of allylic oxidation sites excluding steroid dienone is 5. The van der Waals surface area contributed by atoms with Crippen molar-refractivity contribution >= 4 is 5.57 Å². The van der Waals surface area contributed by atoms with Gasteiger partial charge >= 0.3 is 0 Å². The molecular weight excluding hydrogens is 310 g/mol. The van der Waals surface area contributed by atoms with E-state index in [4.69, 9.17) is 5.84 Å². The summed E-state index contributed by atoms with van der Waals surface area (Å²) in [6.45, 7) is 12.4. The van der Waals surface area contributed by atoms with Crippen LogP contribution in [0.5, 0.6) is 0 Å². The van der Waals surface area contributed by atoms with E-state index >= 15 is 0 Å². The first kappa shape index (κ1) is 19.0. The summed E-state index contributed by atoms with van der Waals surface area (Å²) < 4.78 is 0. The first-order valence-corrected chi connectivity index (χ1v) is 8.62. The van der Waals surface area contributed by atoms with Crippen LogP contribution in [0.2, 0.25) is 0 Å². The Morgan fingerprint density at radius 1 is 1.24 bits per heavy atom. The summed E-state index contributed by atoms with van der Waals surface area (Å²) in [6.07, 6.45) is 9.65. The van der Waals surface area contributed by atoms with Gasteiger partial charge in [-0.3, -0.25) is 10.8 Å². The van der Waals surface area contributed by atoms with Crippen molar-refractivity contribution in [2.24, 2.45) is 5.84 Å². The van der Waals surface area contributed by atoms with Gasteiger partial charge in [0.2, 0.25) is 0 Å². The smallest absolute Gasteiger partial charge is 0.0613 e. The van der Waals surface area contributed by atoms with E-state index in [9.17, 15) is 0 Å². The second-order valence-corrected chi connectivity index (χ2v) is 6.24. The average Bonchev–Trinajstić information content (AvgIpc) is 2.64. The van der Waals surface area contributed by atoms with Gasteiger partial charge in [-0.25, -0.2) is 0 Å². The van der Waals surface area contributed by atoms with Crippen molar-refractivity contribution in [2.75, 3.05) is 33.2 Å². The fourth-order valence-electron chi connectivity index (χ4n) is 2.92. The summed E-state index contributed by atoms with van der Waals surface area (Å²) in [6, 6.07) is 3.99. The number of nitrogens with two attached hydrogens (primary N) is 1. The Morgan fingerprint density at radius 3 is 2.44 bits per heavy atom. The molecule has 0 amide bonds. The standard InChI is InChI=1S/C20H29N5/c1-5-6-7-16(2)20(23-21)19(18-8-10-22-11-9-18)17(3)25-14-12-24(4)13-15-25/h5-11,23H,3,12-15,21H2,1-2,4H3/b6-5-,16-7+,20-19+. The molecular formula is C20H29N5. The monoisotopic (exact) mass is 339 g/mol. The minimum Gasteiger partial charge on any atom is -0.369 e. The normalized spacial score (nSPS) is 17.6. The van der Waals surface area contributed by atoms with Crippen LogP contribution in [-0.2, 0) is 0 Å². The van der Waals surface area contributed by atoms with E-state index in [2.05, 4.69) is 33.8 Å². The molecule has 0 aromatic carbocycles. The van der Waals surface area contributed by atoms with E-state index in [0.29, 0.717) is 0 Å². The van der Waals surface area contributed by atoms with Crippen LogP contribution >= 0.6 is 0 Å². The van der Waals surface area contributed by atoms with Gasteiger partial charge in [-0.2, -0.15) is 0 Å². The molecule has 0 radical (unpaired) electrons. The number of piperazine rings is 1.